The second kappa shape index (κ2) is 6.67. The molecule has 1 N–H and O–H groups in total. The smallest absolute Gasteiger partial charge is 0.319 e. The maximum absolute atomic E-state index is 11.8. The van der Waals surface area contributed by atoms with E-state index in [1.165, 1.54) is 0 Å². The van der Waals surface area contributed by atoms with E-state index < -0.39 is 0 Å². The van der Waals surface area contributed by atoms with Gasteiger partial charge in [0.05, 0.1) is 0 Å². The molecule has 1 aliphatic heterocycles. The third-order valence-electron chi connectivity index (χ3n) is 2.49. The molecule has 1 fully saturated rings. The Labute approximate surface area is 92.0 Å². The Morgan fingerprint density at radius 2 is 2.07 bits per heavy atom. The van der Waals surface area contributed by atoms with Crippen LogP contribution in [0.1, 0.15) is 39.5 Å². The zero-order chi connectivity index (χ0) is 11.1. The molecule has 0 aromatic carbocycles. The van der Waals surface area contributed by atoms with E-state index in [1.54, 1.807) is 0 Å². The molecule has 1 atom stereocenters. The molecular weight excluding hydrogens is 192 g/mol. The monoisotopic (exact) mass is 214 g/mol. The van der Waals surface area contributed by atoms with Crippen molar-refractivity contribution < 1.29 is 9.53 Å². The Balaban J connectivity index is 2.33. The van der Waals surface area contributed by atoms with Crippen molar-refractivity contribution in [3.05, 3.63) is 0 Å². The Morgan fingerprint density at radius 3 is 2.53 bits per heavy atom. The summed E-state index contributed by atoms with van der Waals surface area (Å²) in [6.07, 6.45) is 3.93. The van der Waals surface area contributed by atoms with Gasteiger partial charge in [0.1, 0.15) is 6.23 Å². The van der Waals surface area contributed by atoms with Crippen molar-refractivity contribution in [2.75, 3.05) is 19.7 Å². The Hall–Kier alpha value is -0.770. The topological polar surface area (TPSA) is 41.6 Å². The van der Waals surface area contributed by atoms with Gasteiger partial charge in [0, 0.05) is 19.7 Å². The third kappa shape index (κ3) is 4.08. The summed E-state index contributed by atoms with van der Waals surface area (Å²) in [5.41, 5.74) is 0. The van der Waals surface area contributed by atoms with Gasteiger partial charge in [-0.1, -0.05) is 13.8 Å². The largest absolute Gasteiger partial charge is 0.358 e. The molecular formula is C11H22N2O2. The molecule has 0 saturated carbocycles. The summed E-state index contributed by atoms with van der Waals surface area (Å²) in [5.74, 6) is 0. The van der Waals surface area contributed by atoms with Crippen molar-refractivity contribution in [1.82, 2.24) is 10.2 Å². The highest BCUT2D eigenvalue weighted by Crippen LogP contribution is 2.09. The minimum absolute atomic E-state index is 0.0191. The number of nitrogens with one attached hydrogen (secondary N) is 1. The summed E-state index contributed by atoms with van der Waals surface area (Å²) < 4.78 is 5.37. The van der Waals surface area contributed by atoms with Crippen molar-refractivity contribution in [2.45, 2.75) is 45.8 Å². The van der Waals surface area contributed by atoms with E-state index in [0.29, 0.717) is 0 Å². The lowest BCUT2D eigenvalue weighted by molar-refractivity contribution is 0.0835. The number of carbonyl (C=O) groups is 1. The fourth-order valence-electron chi connectivity index (χ4n) is 1.78. The molecule has 0 bridgehead atoms. The van der Waals surface area contributed by atoms with E-state index in [4.69, 9.17) is 4.74 Å². The number of urea groups is 1. The van der Waals surface area contributed by atoms with Gasteiger partial charge in [-0.05, 0) is 25.7 Å². The average molecular weight is 214 g/mol. The first kappa shape index (κ1) is 12.3. The fraction of sp³-hybridized carbons (Fsp3) is 0.909. The predicted octanol–water partition coefficient (Wildman–Crippen LogP) is 1.95. The minimum atomic E-state index is -0.0614. The molecule has 1 rings (SSSR count). The van der Waals surface area contributed by atoms with Crippen molar-refractivity contribution in [2.24, 2.45) is 0 Å². The molecule has 4 heteroatoms. The second-order valence-electron chi connectivity index (χ2n) is 3.94. The lowest BCUT2D eigenvalue weighted by Gasteiger charge is -2.23. The van der Waals surface area contributed by atoms with Crippen LogP contribution in [0.3, 0.4) is 0 Å². The van der Waals surface area contributed by atoms with Crippen LogP contribution in [0.2, 0.25) is 0 Å². The van der Waals surface area contributed by atoms with Crippen LogP contribution in [0, 0.1) is 0 Å². The second-order valence-corrected chi connectivity index (χ2v) is 3.94. The summed E-state index contributed by atoms with van der Waals surface area (Å²) in [6.45, 7) is 6.59. The molecule has 1 unspecified atom stereocenters. The standard InChI is InChI=1S/C11H22N2O2/c1-3-7-13(8-4-2)11(14)12-10-6-5-9-15-10/h10H,3-9H2,1-2H3,(H,12,14). The quantitative estimate of drug-likeness (QED) is 0.760. The number of hydrogen-bond donors (Lipinski definition) is 1. The Morgan fingerprint density at radius 1 is 1.40 bits per heavy atom. The summed E-state index contributed by atoms with van der Waals surface area (Å²) in [4.78, 5) is 13.7. The van der Waals surface area contributed by atoms with Gasteiger partial charge in [-0.3, -0.25) is 0 Å². The summed E-state index contributed by atoms with van der Waals surface area (Å²) in [7, 11) is 0. The van der Waals surface area contributed by atoms with Crippen LogP contribution in [0.15, 0.2) is 0 Å². The average Bonchev–Trinajstić information content (AvgIpc) is 2.70. The van der Waals surface area contributed by atoms with Crippen molar-refractivity contribution in [3.63, 3.8) is 0 Å². The Bertz CT molecular complexity index is 185. The highest BCUT2D eigenvalue weighted by atomic mass is 16.5. The molecule has 0 aliphatic carbocycles. The maximum atomic E-state index is 11.8. The van der Waals surface area contributed by atoms with Crippen LogP contribution >= 0.6 is 0 Å². The highest BCUT2D eigenvalue weighted by molar-refractivity contribution is 5.74. The Kier molecular flexibility index (Phi) is 5.47. The summed E-state index contributed by atoms with van der Waals surface area (Å²) >= 11 is 0. The van der Waals surface area contributed by atoms with Crippen molar-refractivity contribution in [3.8, 4) is 0 Å². The SMILES string of the molecule is CCCN(CCC)C(=O)NC1CCCO1. The van der Waals surface area contributed by atoms with E-state index >= 15 is 0 Å². The predicted molar refractivity (Wildman–Crippen MR) is 59.7 cm³/mol. The van der Waals surface area contributed by atoms with Gasteiger partial charge in [0.2, 0.25) is 0 Å². The molecule has 2 amide bonds. The number of hydrogen-bond acceptors (Lipinski definition) is 2. The summed E-state index contributed by atoms with van der Waals surface area (Å²) in [5, 5.41) is 2.91. The van der Waals surface area contributed by atoms with Gasteiger partial charge < -0.3 is 15.0 Å². The van der Waals surface area contributed by atoms with Crippen molar-refractivity contribution >= 4 is 6.03 Å². The zero-order valence-electron chi connectivity index (χ0n) is 9.79. The molecule has 0 aromatic rings. The molecule has 1 heterocycles. The van der Waals surface area contributed by atoms with Gasteiger partial charge in [-0.2, -0.15) is 0 Å². The van der Waals surface area contributed by atoms with Crippen LogP contribution < -0.4 is 5.32 Å². The van der Waals surface area contributed by atoms with E-state index in [9.17, 15) is 4.79 Å². The van der Waals surface area contributed by atoms with Crippen LogP contribution in [0.5, 0.6) is 0 Å². The molecule has 1 saturated heterocycles. The van der Waals surface area contributed by atoms with E-state index in [0.717, 1.165) is 45.4 Å². The lowest BCUT2D eigenvalue weighted by atomic mass is 10.3. The zero-order valence-corrected chi connectivity index (χ0v) is 9.79. The minimum Gasteiger partial charge on any atom is -0.358 e. The van der Waals surface area contributed by atoms with Gasteiger partial charge in [-0.25, -0.2) is 4.79 Å². The van der Waals surface area contributed by atoms with E-state index in [1.807, 2.05) is 4.90 Å². The van der Waals surface area contributed by atoms with E-state index in [-0.39, 0.29) is 12.3 Å². The number of ether oxygens (including phenoxy) is 1. The first-order chi connectivity index (χ1) is 7.27. The number of nitrogens with zero attached hydrogens (tertiary/aromatic N) is 1. The van der Waals surface area contributed by atoms with Crippen LogP contribution in [-0.2, 0) is 4.74 Å². The van der Waals surface area contributed by atoms with Gasteiger partial charge in [0.25, 0.3) is 0 Å². The number of amides is 2. The van der Waals surface area contributed by atoms with Crippen LogP contribution in [-0.4, -0.2) is 36.9 Å². The normalized spacial score (nSPS) is 20.3. The fourth-order valence-corrected chi connectivity index (χ4v) is 1.78. The highest BCUT2D eigenvalue weighted by Gasteiger charge is 2.20. The van der Waals surface area contributed by atoms with Crippen LogP contribution in [0.25, 0.3) is 0 Å². The molecule has 0 aromatic heterocycles. The molecule has 0 spiro atoms. The summed E-state index contributed by atoms with van der Waals surface area (Å²) in [6, 6.07) is 0.0191. The molecule has 88 valence electrons. The van der Waals surface area contributed by atoms with Crippen molar-refractivity contribution in [1.29, 1.82) is 0 Å². The third-order valence-corrected chi connectivity index (χ3v) is 2.49. The molecule has 1 aliphatic rings. The molecule has 0 radical (unpaired) electrons. The molecule has 15 heavy (non-hydrogen) atoms. The lowest BCUT2D eigenvalue weighted by Crippen LogP contribution is -2.45. The molecule has 4 nitrogen and oxygen atoms in total. The first-order valence-corrected chi connectivity index (χ1v) is 5.95. The van der Waals surface area contributed by atoms with Crippen LogP contribution in [0.4, 0.5) is 4.79 Å². The van der Waals surface area contributed by atoms with E-state index in [2.05, 4.69) is 19.2 Å². The van der Waals surface area contributed by atoms with Gasteiger partial charge in [-0.15, -0.1) is 0 Å². The van der Waals surface area contributed by atoms with Gasteiger partial charge >= 0.3 is 6.03 Å². The number of carbonyl (C=O) groups excluding carboxylic acids is 1. The van der Waals surface area contributed by atoms with Gasteiger partial charge in [0.15, 0.2) is 0 Å². The number of rotatable bonds is 5. The maximum Gasteiger partial charge on any atom is 0.319 e. The first-order valence-electron chi connectivity index (χ1n) is 5.95.